The number of nitro benzene ring substituents is 1. The molecule has 0 saturated carbocycles. The van der Waals surface area contributed by atoms with Crippen molar-refractivity contribution >= 4 is 35.6 Å². The topological polar surface area (TPSA) is 92.0 Å². The molecule has 170 valence electrons. The van der Waals surface area contributed by atoms with E-state index in [0.29, 0.717) is 19.2 Å². The number of nitro groups is 1. The van der Waals surface area contributed by atoms with Crippen LogP contribution >= 0.6 is 24.0 Å². The van der Waals surface area contributed by atoms with Gasteiger partial charge in [-0.05, 0) is 44.7 Å². The van der Waals surface area contributed by atoms with Crippen LogP contribution in [-0.4, -0.2) is 61.7 Å². The van der Waals surface area contributed by atoms with Gasteiger partial charge in [-0.25, -0.2) is 4.99 Å². The third kappa shape index (κ3) is 10.0. The van der Waals surface area contributed by atoms with Crippen molar-refractivity contribution in [2.75, 3.05) is 39.9 Å². The van der Waals surface area contributed by atoms with Crippen LogP contribution in [0.15, 0.2) is 29.3 Å². The highest BCUT2D eigenvalue weighted by Gasteiger charge is 2.17. The fourth-order valence-corrected chi connectivity index (χ4v) is 3.47. The Morgan fingerprint density at radius 2 is 1.93 bits per heavy atom. The fraction of sp³-hybridized carbons (Fsp3) is 0.667. The van der Waals surface area contributed by atoms with Gasteiger partial charge in [0, 0.05) is 51.5 Å². The predicted molar refractivity (Wildman–Crippen MR) is 132 cm³/mol. The summed E-state index contributed by atoms with van der Waals surface area (Å²) in [6, 6.07) is 7.23. The number of guanidine groups is 1. The summed E-state index contributed by atoms with van der Waals surface area (Å²) < 4.78 is 5.10. The first kappa shape index (κ1) is 26.6. The molecule has 0 radical (unpaired) electrons. The third-order valence-corrected chi connectivity index (χ3v) is 5.24. The maximum Gasteiger partial charge on any atom is 0.269 e. The standard InChI is InChI=1S/C21H35N5O3.HI/c1-18-7-3-4-14-25(18)15-5-12-22-21(23-13-6-16-29-2)24-17-19-8-10-20(11-9-19)26(27)28;/h8-11,18H,3-7,12-17H2,1-2H3,(H2,22,23,24);1H. The molecular weight excluding hydrogens is 497 g/mol. The van der Waals surface area contributed by atoms with Crippen LogP contribution in [0.3, 0.4) is 0 Å². The quantitative estimate of drug-likeness (QED) is 0.113. The van der Waals surface area contributed by atoms with Gasteiger partial charge in [0.05, 0.1) is 11.5 Å². The van der Waals surface area contributed by atoms with Gasteiger partial charge in [0.1, 0.15) is 0 Å². The van der Waals surface area contributed by atoms with E-state index in [4.69, 9.17) is 4.74 Å². The van der Waals surface area contributed by atoms with Crippen LogP contribution in [0.1, 0.15) is 44.6 Å². The molecule has 1 aliphatic heterocycles. The smallest absolute Gasteiger partial charge is 0.269 e. The number of nitrogens with zero attached hydrogens (tertiary/aromatic N) is 3. The van der Waals surface area contributed by atoms with Gasteiger partial charge in [-0.3, -0.25) is 10.1 Å². The first-order chi connectivity index (χ1) is 14.1. The van der Waals surface area contributed by atoms with Crippen molar-refractivity contribution in [1.29, 1.82) is 0 Å². The fourth-order valence-electron chi connectivity index (χ4n) is 3.47. The maximum atomic E-state index is 10.8. The van der Waals surface area contributed by atoms with Gasteiger partial charge in [0.2, 0.25) is 0 Å². The number of methoxy groups -OCH3 is 1. The van der Waals surface area contributed by atoms with E-state index in [9.17, 15) is 10.1 Å². The number of likely N-dealkylation sites (tertiary alicyclic amines) is 1. The number of rotatable bonds is 11. The number of nitrogens with one attached hydrogen (secondary N) is 2. The SMILES string of the molecule is COCCCNC(=NCc1ccc([N+](=O)[O-])cc1)NCCCN1CCCCC1C.I. The second-order valence-corrected chi connectivity index (χ2v) is 7.52. The number of non-ortho nitro benzene ring substituents is 1. The Morgan fingerprint density at radius 1 is 1.23 bits per heavy atom. The van der Waals surface area contributed by atoms with E-state index in [2.05, 4.69) is 27.4 Å². The zero-order chi connectivity index (χ0) is 20.9. The number of hydrogen-bond acceptors (Lipinski definition) is 5. The van der Waals surface area contributed by atoms with E-state index < -0.39 is 0 Å². The Bertz CT molecular complexity index is 642. The Hall–Kier alpha value is -1.46. The average Bonchev–Trinajstić information content (AvgIpc) is 2.73. The molecule has 1 aliphatic rings. The van der Waals surface area contributed by atoms with Crippen LogP contribution in [-0.2, 0) is 11.3 Å². The van der Waals surface area contributed by atoms with Crippen molar-refractivity contribution in [3.05, 3.63) is 39.9 Å². The molecule has 1 fully saturated rings. The van der Waals surface area contributed by atoms with Crippen molar-refractivity contribution in [2.45, 2.75) is 51.6 Å². The molecule has 2 rings (SSSR count). The van der Waals surface area contributed by atoms with Crippen molar-refractivity contribution in [3.63, 3.8) is 0 Å². The van der Waals surface area contributed by atoms with Crippen molar-refractivity contribution in [3.8, 4) is 0 Å². The van der Waals surface area contributed by atoms with Crippen LogP contribution < -0.4 is 10.6 Å². The summed E-state index contributed by atoms with van der Waals surface area (Å²) in [4.78, 5) is 17.6. The number of benzene rings is 1. The number of hydrogen-bond donors (Lipinski definition) is 2. The summed E-state index contributed by atoms with van der Waals surface area (Å²) >= 11 is 0. The van der Waals surface area contributed by atoms with Crippen molar-refractivity contribution in [1.82, 2.24) is 15.5 Å². The van der Waals surface area contributed by atoms with E-state index in [-0.39, 0.29) is 34.6 Å². The molecule has 1 heterocycles. The third-order valence-electron chi connectivity index (χ3n) is 5.24. The molecule has 8 nitrogen and oxygen atoms in total. The summed E-state index contributed by atoms with van der Waals surface area (Å²) in [6.07, 6.45) is 5.93. The minimum Gasteiger partial charge on any atom is -0.385 e. The van der Waals surface area contributed by atoms with Crippen LogP contribution in [0.5, 0.6) is 0 Å². The molecule has 30 heavy (non-hydrogen) atoms. The van der Waals surface area contributed by atoms with Gasteiger partial charge in [0.25, 0.3) is 5.69 Å². The molecule has 1 unspecified atom stereocenters. The Kier molecular flexibility index (Phi) is 13.6. The lowest BCUT2D eigenvalue weighted by Gasteiger charge is -2.33. The monoisotopic (exact) mass is 533 g/mol. The highest BCUT2D eigenvalue weighted by Crippen LogP contribution is 2.16. The molecule has 1 atom stereocenters. The van der Waals surface area contributed by atoms with E-state index in [1.54, 1.807) is 19.2 Å². The Balaban J connectivity index is 0.00000450. The summed E-state index contributed by atoms with van der Waals surface area (Å²) in [6.45, 7) is 7.45. The van der Waals surface area contributed by atoms with Gasteiger partial charge in [-0.1, -0.05) is 18.6 Å². The number of halogens is 1. The molecular formula is C21H36IN5O3. The first-order valence-electron chi connectivity index (χ1n) is 10.6. The normalized spacial score (nSPS) is 17.3. The predicted octanol–water partition coefficient (Wildman–Crippen LogP) is 3.55. The number of ether oxygens (including phenoxy) is 1. The summed E-state index contributed by atoms with van der Waals surface area (Å²) in [5.74, 6) is 0.770. The molecule has 1 aromatic carbocycles. The molecule has 0 amide bonds. The molecule has 0 spiro atoms. The van der Waals surface area contributed by atoms with E-state index in [1.807, 2.05) is 0 Å². The summed E-state index contributed by atoms with van der Waals surface area (Å²) in [5.41, 5.74) is 1.04. The molecule has 2 N–H and O–H groups in total. The van der Waals surface area contributed by atoms with Crippen molar-refractivity contribution in [2.24, 2.45) is 4.99 Å². The average molecular weight is 533 g/mol. The van der Waals surface area contributed by atoms with Gasteiger partial charge in [-0.2, -0.15) is 0 Å². The van der Waals surface area contributed by atoms with E-state index >= 15 is 0 Å². The second kappa shape index (κ2) is 15.4. The van der Waals surface area contributed by atoms with E-state index in [1.165, 1.54) is 37.9 Å². The minimum absolute atomic E-state index is 0. The Morgan fingerprint density at radius 3 is 2.57 bits per heavy atom. The minimum atomic E-state index is -0.388. The molecule has 9 heteroatoms. The van der Waals surface area contributed by atoms with Crippen LogP contribution in [0.4, 0.5) is 5.69 Å². The lowest BCUT2D eigenvalue weighted by atomic mass is 10.0. The summed E-state index contributed by atoms with van der Waals surface area (Å²) in [7, 11) is 1.70. The van der Waals surface area contributed by atoms with Gasteiger partial charge in [0.15, 0.2) is 5.96 Å². The van der Waals surface area contributed by atoms with Crippen LogP contribution in [0.25, 0.3) is 0 Å². The van der Waals surface area contributed by atoms with Crippen molar-refractivity contribution < 1.29 is 9.66 Å². The van der Waals surface area contributed by atoms with E-state index in [0.717, 1.165) is 44.0 Å². The zero-order valence-electron chi connectivity index (χ0n) is 18.1. The maximum absolute atomic E-state index is 10.8. The van der Waals surface area contributed by atoms with Gasteiger partial charge in [-0.15, -0.1) is 24.0 Å². The lowest BCUT2D eigenvalue weighted by molar-refractivity contribution is -0.384. The van der Waals surface area contributed by atoms with Crippen LogP contribution in [0.2, 0.25) is 0 Å². The van der Waals surface area contributed by atoms with Gasteiger partial charge >= 0.3 is 0 Å². The lowest BCUT2D eigenvalue weighted by Crippen LogP contribution is -2.41. The highest BCUT2D eigenvalue weighted by atomic mass is 127. The zero-order valence-corrected chi connectivity index (χ0v) is 20.5. The first-order valence-corrected chi connectivity index (χ1v) is 10.6. The molecule has 1 aromatic rings. The number of piperidine rings is 1. The van der Waals surface area contributed by atoms with Crippen LogP contribution in [0, 0.1) is 10.1 Å². The molecule has 0 bridgehead atoms. The Labute approximate surface area is 197 Å². The molecule has 1 saturated heterocycles. The van der Waals surface area contributed by atoms with Gasteiger partial charge < -0.3 is 20.3 Å². The second-order valence-electron chi connectivity index (χ2n) is 7.52. The summed E-state index contributed by atoms with van der Waals surface area (Å²) in [5, 5.41) is 17.5. The highest BCUT2D eigenvalue weighted by molar-refractivity contribution is 14.0. The number of aliphatic imine (C=N–C) groups is 1. The molecule has 0 aromatic heterocycles. The largest absolute Gasteiger partial charge is 0.385 e. The molecule has 0 aliphatic carbocycles.